The number of aromatic hydroxyl groups is 2. The molecule has 42 heavy (non-hydrogen) atoms. The van der Waals surface area contributed by atoms with Gasteiger partial charge in [-0.2, -0.15) is 0 Å². The lowest BCUT2D eigenvalue weighted by Gasteiger charge is -2.25. The first kappa shape index (κ1) is 27.9. The number of ketones is 1. The van der Waals surface area contributed by atoms with Crippen LogP contribution < -0.4 is 15.6 Å². The highest BCUT2D eigenvalue weighted by Gasteiger charge is 2.36. The quantitative estimate of drug-likeness (QED) is 0.115. The molecule has 8 heteroatoms. The molecular weight excluding hydrogens is 536 g/mol. The van der Waals surface area contributed by atoms with Crippen LogP contribution in [0.15, 0.2) is 27.3 Å². The summed E-state index contributed by atoms with van der Waals surface area (Å²) in [4.78, 5) is 41.2. The number of phenolic OH excluding ortho intramolecular Hbond substituents is 2. The molecule has 0 bridgehead atoms. The van der Waals surface area contributed by atoms with E-state index in [9.17, 15) is 34.8 Å². The van der Waals surface area contributed by atoms with E-state index >= 15 is 0 Å². The Kier molecular flexibility index (Phi) is 6.59. The molecule has 0 saturated heterocycles. The number of allylic oxidation sites excluding steroid dienone is 1. The molecule has 0 radical (unpaired) electrons. The lowest BCUT2D eigenvalue weighted by Crippen LogP contribution is -2.15. The highest BCUT2D eigenvalue weighted by molar-refractivity contribution is 6.38. The smallest absolute Gasteiger partial charge is 0.193 e. The van der Waals surface area contributed by atoms with Gasteiger partial charge in [-0.05, 0) is 77.1 Å². The Balaban J connectivity index is 2.11. The zero-order chi connectivity index (χ0) is 30.2. The van der Waals surface area contributed by atoms with E-state index in [1.165, 1.54) is 26.2 Å². The Morgan fingerprint density at radius 1 is 0.881 bits per heavy atom. The fraction of sp³-hybridized carbons (Fsp3) is 0.324. The van der Waals surface area contributed by atoms with Crippen molar-refractivity contribution in [3.63, 3.8) is 0 Å². The molecule has 0 heterocycles. The van der Waals surface area contributed by atoms with Crippen molar-refractivity contribution in [1.29, 1.82) is 0 Å². The third-order valence-corrected chi connectivity index (χ3v) is 8.92. The minimum absolute atomic E-state index is 0.0176. The predicted molar refractivity (Wildman–Crippen MR) is 163 cm³/mol. The standard InChI is InChI=1S/C34H32O8/c1-5-6-7-8-18-19-9-14(2)22(15(3)37)31-30-25(19)28-23(16(12-35)10-20(38)26(28)32(18)40)24-17(13-36)11-21(39)27(29(24)30)33(41)34(31)42-4/h9-11,22,35-36,38,41H,5-8,12-13H2,1-4H3. The van der Waals surface area contributed by atoms with Gasteiger partial charge in [0.05, 0.1) is 37.0 Å². The number of aliphatic hydroxyl groups is 2. The molecule has 0 aromatic heterocycles. The van der Waals surface area contributed by atoms with Gasteiger partial charge < -0.3 is 25.2 Å². The van der Waals surface area contributed by atoms with Gasteiger partial charge in [0.25, 0.3) is 0 Å². The first-order valence-electron chi connectivity index (χ1n) is 14.2. The lowest BCUT2D eigenvalue weighted by molar-refractivity contribution is -0.117. The van der Waals surface area contributed by atoms with Gasteiger partial charge in [-0.3, -0.25) is 14.4 Å². The summed E-state index contributed by atoms with van der Waals surface area (Å²) >= 11 is 0. The maximum atomic E-state index is 14.3. The summed E-state index contributed by atoms with van der Waals surface area (Å²) in [7, 11) is 1.36. The first-order chi connectivity index (χ1) is 20.1. The van der Waals surface area contributed by atoms with Crippen LogP contribution >= 0.6 is 0 Å². The Hall–Kier alpha value is -4.27. The second kappa shape index (κ2) is 9.93. The molecule has 1 unspecified atom stereocenters. The summed E-state index contributed by atoms with van der Waals surface area (Å²) in [5.41, 5.74) is 1.71. The number of methoxy groups -OCH3 is 1. The topological polar surface area (TPSA) is 141 Å². The van der Waals surface area contributed by atoms with E-state index in [-0.39, 0.29) is 39.0 Å². The second-order valence-corrected chi connectivity index (χ2v) is 11.3. The van der Waals surface area contributed by atoms with Crippen molar-refractivity contribution in [2.45, 2.75) is 65.6 Å². The van der Waals surface area contributed by atoms with Crippen molar-refractivity contribution in [3.8, 4) is 17.2 Å². The Morgan fingerprint density at radius 2 is 1.52 bits per heavy atom. The summed E-state index contributed by atoms with van der Waals surface area (Å²) in [5, 5.41) is 46.3. The average Bonchev–Trinajstić information content (AvgIpc) is 3.08. The van der Waals surface area contributed by atoms with Crippen LogP contribution in [0.4, 0.5) is 0 Å². The summed E-state index contributed by atoms with van der Waals surface area (Å²) in [6.07, 6.45) is 4.81. The maximum Gasteiger partial charge on any atom is 0.193 e. The van der Waals surface area contributed by atoms with E-state index in [1.807, 2.05) is 6.08 Å². The molecule has 0 saturated carbocycles. The SMILES string of the molecule is CCCCCc1c2c3c4c(c(OC)c(O)c5c(=O)cc(CO)c(c6c(CO)cc(O)c(c1=O)c63)c54)C(C(C)=O)C(C)=C2. The van der Waals surface area contributed by atoms with E-state index in [4.69, 9.17) is 4.74 Å². The number of ether oxygens (including phenoxy) is 1. The number of unbranched alkanes of at least 4 members (excludes halogenated alkanes) is 2. The number of carbonyl (C=O) groups excluding carboxylic acids is 1. The predicted octanol–water partition coefficient (Wildman–Crippen LogP) is 5.12. The van der Waals surface area contributed by atoms with Crippen LogP contribution in [0.25, 0.3) is 49.2 Å². The van der Waals surface area contributed by atoms with Crippen molar-refractivity contribution >= 4 is 54.9 Å². The van der Waals surface area contributed by atoms with Crippen molar-refractivity contribution in [1.82, 2.24) is 0 Å². The molecule has 6 rings (SSSR count). The molecule has 0 fully saturated rings. The van der Waals surface area contributed by atoms with Crippen LogP contribution in [0.2, 0.25) is 0 Å². The van der Waals surface area contributed by atoms with Gasteiger partial charge in [-0.25, -0.2) is 0 Å². The van der Waals surface area contributed by atoms with Crippen molar-refractivity contribution in [3.05, 3.63) is 66.0 Å². The number of rotatable bonds is 8. The lowest BCUT2D eigenvalue weighted by atomic mass is 9.79. The molecular formula is C34H32O8. The second-order valence-electron chi connectivity index (χ2n) is 11.3. The van der Waals surface area contributed by atoms with Gasteiger partial charge in [0, 0.05) is 21.9 Å². The molecule has 1 aliphatic rings. The summed E-state index contributed by atoms with van der Waals surface area (Å²) in [6.45, 7) is 4.26. The molecule has 4 N–H and O–H groups in total. The minimum Gasteiger partial charge on any atom is -0.507 e. The monoisotopic (exact) mass is 568 g/mol. The van der Waals surface area contributed by atoms with E-state index in [0.717, 1.165) is 19.3 Å². The molecule has 0 spiro atoms. The number of Topliss-reactive ketones (excluding diaryl/α,β-unsaturated/α-hetero) is 1. The van der Waals surface area contributed by atoms with Gasteiger partial charge in [-0.1, -0.05) is 31.4 Å². The van der Waals surface area contributed by atoms with E-state index < -0.39 is 30.3 Å². The van der Waals surface area contributed by atoms with Gasteiger partial charge in [0.1, 0.15) is 11.5 Å². The van der Waals surface area contributed by atoms with Gasteiger partial charge in [-0.15, -0.1) is 0 Å². The Morgan fingerprint density at radius 3 is 2.12 bits per heavy atom. The summed E-state index contributed by atoms with van der Waals surface area (Å²) < 4.78 is 5.72. The van der Waals surface area contributed by atoms with Crippen molar-refractivity contribution in [2.24, 2.45) is 0 Å². The summed E-state index contributed by atoms with van der Waals surface area (Å²) in [6, 6.07) is 2.58. The highest BCUT2D eigenvalue weighted by atomic mass is 16.5. The Labute approximate surface area is 240 Å². The zero-order valence-electron chi connectivity index (χ0n) is 24.0. The fourth-order valence-corrected chi connectivity index (χ4v) is 7.29. The van der Waals surface area contributed by atoms with E-state index in [0.29, 0.717) is 66.6 Å². The first-order valence-corrected chi connectivity index (χ1v) is 14.2. The molecule has 8 nitrogen and oxygen atoms in total. The molecule has 216 valence electrons. The number of benzene rings is 5. The Bertz CT molecular complexity index is 2110. The van der Waals surface area contributed by atoms with Crippen LogP contribution in [0.1, 0.15) is 73.8 Å². The van der Waals surface area contributed by atoms with Crippen molar-refractivity contribution < 1.29 is 30.0 Å². The molecule has 5 aromatic carbocycles. The van der Waals surface area contributed by atoms with Gasteiger partial charge in [0.15, 0.2) is 22.4 Å². The number of carbonyl (C=O) groups is 1. The molecule has 0 aliphatic heterocycles. The highest BCUT2D eigenvalue weighted by Crippen LogP contribution is 2.55. The molecule has 5 aromatic rings. The van der Waals surface area contributed by atoms with E-state index in [2.05, 4.69) is 6.92 Å². The van der Waals surface area contributed by atoms with Crippen molar-refractivity contribution in [2.75, 3.05) is 7.11 Å². The molecule has 1 aliphatic carbocycles. The van der Waals surface area contributed by atoms with Gasteiger partial charge >= 0.3 is 0 Å². The third-order valence-electron chi connectivity index (χ3n) is 8.92. The third kappa shape index (κ3) is 3.51. The van der Waals surface area contributed by atoms with Gasteiger partial charge in [0.2, 0.25) is 0 Å². The number of phenols is 2. The molecule has 1 atom stereocenters. The largest absolute Gasteiger partial charge is 0.507 e. The molecule has 0 amide bonds. The van der Waals surface area contributed by atoms with Crippen LogP contribution in [-0.4, -0.2) is 33.3 Å². The van der Waals surface area contributed by atoms with Crippen LogP contribution in [0.3, 0.4) is 0 Å². The fourth-order valence-electron chi connectivity index (χ4n) is 7.29. The van der Waals surface area contributed by atoms with Crippen LogP contribution in [-0.2, 0) is 24.4 Å². The van der Waals surface area contributed by atoms with E-state index in [1.54, 1.807) is 6.92 Å². The minimum atomic E-state index is -0.872. The normalized spacial score (nSPS) is 14.9. The van der Waals surface area contributed by atoms with Crippen LogP contribution in [0.5, 0.6) is 17.2 Å². The number of aliphatic hydroxyl groups excluding tert-OH is 2. The van der Waals surface area contributed by atoms with Crippen LogP contribution in [0, 0.1) is 0 Å². The number of hydrogen-bond acceptors (Lipinski definition) is 8. The zero-order valence-corrected chi connectivity index (χ0v) is 24.0. The number of fused-ring (bicyclic) bond motifs is 1. The maximum absolute atomic E-state index is 14.3. The summed E-state index contributed by atoms with van der Waals surface area (Å²) in [5.74, 6) is -1.82. The number of hydrogen-bond donors (Lipinski definition) is 4. The average molecular weight is 569 g/mol.